The van der Waals surface area contributed by atoms with Crippen molar-refractivity contribution in [2.45, 2.75) is 19.8 Å². The fourth-order valence-electron chi connectivity index (χ4n) is 1.76. The van der Waals surface area contributed by atoms with Gasteiger partial charge < -0.3 is 0 Å². The first-order valence-corrected chi connectivity index (χ1v) is 7.04. The number of hydrogen-bond donors (Lipinski definition) is 0. The number of halogens is 2. The van der Waals surface area contributed by atoms with E-state index in [-0.39, 0.29) is 5.82 Å². The first-order valence-electron chi connectivity index (χ1n) is 6.25. The summed E-state index contributed by atoms with van der Waals surface area (Å²) in [5, 5.41) is 0. The van der Waals surface area contributed by atoms with Crippen LogP contribution < -0.4 is 0 Å². The Morgan fingerprint density at radius 3 is 2.26 bits per heavy atom. The lowest BCUT2D eigenvalue weighted by Gasteiger charge is -1.98. The summed E-state index contributed by atoms with van der Waals surface area (Å²) in [6, 6.07) is 13.1. The van der Waals surface area contributed by atoms with Gasteiger partial charge in [-0.3, -0.25) is 0 Å². The SMILES string of the molecule is CCCc1ccc(C#Cc2ccc(Br)c(F)c2)cc1. The molecule has 0 aliphatic rings. The average molecular weight is 317 g/mol. The van der Waals surface area contributed by atoms with Gasteiger partial charge in [0.1, 0.15) is 5.82 Å². The maximum atomic E-state index is 13.3. The van der Waals surface area contributed by atoms with Gasteiger partial charge in [0, 0.05) is 11.1 Å². The first-order chi connectivity index (χ1) is 9.19. The highest BCUT2D eigenvalue weighted by Crippen LogP contribution is 2.15. The maximum Gasteiger partial charge on any atom is 0.138 e. The fraction of sp³-hybridized carbons (Fsp3) is 0.176. The van der Waals surface area contributed by atoms with Crippen molar-refractivity contribution in [1.29, 1.82) is 0 Å². The van der Waals surface area contributed by atoms with Crippen LogP contribution >= 0.6 is 15.9 Å². The molecule has 2 aromatic carbocycles. The average Bonchev–Trinajstić information content (AvgIpc) is 2.42. The summed E-state index contributed by atoms with van der Waals surface area (Å²) in [4.78, 5) is 0. The van der Waals surface area contributed by atoms with Gasteiger partial charge in [0.2, 0.25) is 0 Å². The molecule has 0 saturated carbocycles. The number of hydrogen-bond acceptors (Lipinski definition) is 0. The Balaban J connectivity index is 2.16. The highest BCUT2D eigenvalue weighted by atomic mass is 79.9. The second kappa shape index (κ2) is 6.54. The molecule has 0 aliphatic carbocycles. The van der Waals surface area contributed by atoms with E-state index >= 15 is 0 Å². The molecule has 96 valence electrons. The third-order valence-corrected chi connectivity index (χ3v) is 3.41. The summed E-state index contributed by atoms with van der Waals surface area (Å²) in [6.07, 6.45) is 2.23. The van der Waals surface area contributed by atoms with E-state index in [1.165, 1.54) is 11.6 Å². The van der Waals surface area contributed by atoms with Crippen molar-refractivity contribution in [2.75, 3.05) is 0 Å². The molecule has 0 N–H and O–H groups in total. The van der Waals surface area contributed by atoms with Crippen LogP contribution in [0.1, 0.15) is 30.0 Å². The molecule has 2 rings (SSSR count). The molecule has 0 fully saturated rings. The lowest BCUT2D eigenvalue weighted by Crippen LogP contribution is -1.83. The Bertz CT molecular complexity index is 618. The molecule has 0 radical (unpaired) electrons. The van der Waals surface area contributed by atoms with Crippen LogP contribution in [0.5, 0.6) is 0 Å². The van der Waals surface area contributed by atoms with Gasteiger partial charge in [-0.1, -0.05) is 37.3 Å². The molecule has 0 spiro atoms. The van der Waals surface area contributed by atoms with Crippen molar-refractivity contribution in [1.82, 2.24) is 0 Å². The third-order valence-electron chi connectivity index (χ3n) is 2.76. The van der Waals surface area contributed by atoms with E-state index in [2.05, 4.69) is 46.8 Å². The van der Waals surface area contributed by atoms with Crippen molar-refractivity contribution in [2.24, 2.45) is 0 Å². The van der Waals surface area contributed by atoms with E-state index in [0.717, 1.165) is 18.4 Å². The van der Waals surface area contributed by atoms with Crippen LogP contribution in [0.15, 0.2) is 46.9 Å². The molecule has 0 heterocycles. The topological polar surface area (TPSA) is 0 Å². The molecule has 0 atom stereocenters. The number of benzene rings is 2. The highest BCUT2D eigenvalue weighted by Gasteiger charge is 1.98. The van der Waals surface area contributed by atoms with Crippen LogP contribution in [0.2, 0.25) is 0 Å². The Morgan fingerprint density at radius 1 is 1.00 bits per heavy atom. The zero-order chi connectivity index (χ0) is 13.7. The normalized spacial score (nSPS) is 9.84. The predicted molar refractivity (Wildman–Crippen MR) is 80.5 cm³/mol. The molecular formula is C17H14BrF. The van der Waals surface area contributed by atoms with Gasteiger partial charge >= 0.3 is 0 Å². The van der Waals surface area contributed by atoms with Gasteiger partial charge in [0.15, 0.2) is 0 Å². The summed E-state index contributed by atoms with van der Waals surface area (Å²) in [7, 11) is 0. The Labute approximate surface area is 121 Å². The molecule has 19 heavy (non-hydrogen) atoms. The monoisotopic (exact) mass is 316 g/mol. The molecule has 0 bridgehead atoms. The molecule has 0 aromatic heterocycles. The lowest BCUT2D eigenvalue weighted by molar-refractivity contribution is 0.621. The zero-order valence-electron chi connectivity index (χ0n) is 10.7. The minimum atomic E-state index is -0.287. The molecular weight excluding hydrogens is 303 g/mol. The molecule has 0 unspecified atom stereocenters. The molecule has 0 aliphatic heterocycles. The quantitative estimate of drug-likeness (QED) is 0.688. The molecule has 0 amide bonds. The van der Waals surface area contributed by atoms with Crippen LogP contribution in [-0.4, -0.2) is 0 Å². The van der Waals surface area contributed by atoms with Gasteiger partial charge in [-0.05, 0) is 58.2 Å². The van der Waals surface area contributed by atoms with E-state index in [0.29, 0.717) is 10.0 Å². The van der Waals surface area contributed by atoms with Crippen molar-refractivity contribution < 1.29 is 4.39 Å². The standard InChI is InChI=1S/C17H14BrF/c1-2-3-13-4-6-14(7-5-13)8-9-15-10-11-16(18)17(19)12-15/h4-7,10-12H,2-3H2,1H3. The van der Waals surface area contributed by atoms with Crippen LogP contribution in [0, 0.1) is 17.7 Å². The fourth-order valence-corrected chi connectivity index (χ4v) is 2.01. The van der Waals surface area contributed by atoms with Gasteiger partial charge in [-0.2, -0.15) is 0 Å². The molecule has 2 heteroatoms. The van der Waals surface area contributed by atoms with Crippen LogP contribution in [0.25, 0.3) is 0 Å². The van der Waals surface area contributed by atoms with Crippen molar-refractivity contribution in [3.63, 3.8) is 0 Å². The highest BCUT2D eigenvalue weighted by molar-refractivity contribution is 9.10. The number of aryl methyl sites for hydroxylation is 1. The summed E-state index contributed by atoms with van der Waals surface area (Å²) in [5.41, 5.74) is 2.95. The summed E-state index contributed by atoms with van der Waals surface area (Å²) >= 11 is 3.12. The van der Waals surface area contributed by atoms with Crippen molar-refractivity contribution >= 4 is 15.9 Å². The van der Waals surface area contributed by atoms with Gasteiger partial charge in [0.25, 0.3) is 0 Å². The lowest BCUT2D eigenvalue weighted by atomic mass is 10.1. The smallest absolute Gasteiger partial charge is 0.138 e. The zero-order valence-corrected chi connectivity index (χ0v) is 12.3. The van der Waals surface area contributed by atoms with Gasteiger partial charge in [0.05, 0.1) is 4.47 Å². The van der Waals surface area contributed by atoms with Crippen LogP contribution in [-0.2, 0) is 6.42 Å². The van der Waals surface area contributed by atoms with Crippen molar-refractivity contribution in [3.8, 4) is 11.8 Å². The van der Waals surface area contributed by atoms with Crippen molar-refractivity contribution in [3.05, 3.63) is 69.4 Å². The Morgan fingerprint density at radius 2 is 1.63 bits per heavy atom. The van der Waals surface area contributed by atoms with E-state index in [1.807, 2.05) is 12.1 Å². The van der Waals surface area contributed by atoms with Crippen LogP contribution in [0.4, 0.5) is 4.39 Å². The second-order valence-electron chi connectivity index (χ2n) is 4.33. The van der Waals surface area contributed by atoms with E-state index in [9.17, 15) is 4.39 Å². The molecule has 0 nitrogen and oxygen atoms in total. The van der Waals surface area contributed by atoms with Crippen LogP contribution in [0.3, 0.4) is 0 Å². The van der Waals surface area contributed by atoms with Gasteiger partial charge in [-0.25, -0.2) is 4.39 Å². The Kier molecular flexibility index (Phi) is 4.76. The third kappa shape index (κ3) is 3.94. The number of rotatable bonds is 2. The Hall–Kier alpha value is -1.59. The first kappa shape index (κ1) is 13.8. The molecule has 0 saturated heterocycles. The minimum Gasteiger partial charge on any atom is -0.206 e. The second-order valence-corrected chi connectivity index (χ2v) is 5.18. The predicted octanol–water partition coefficient (Wildman–Crippen LogP) is 4.94. The summed E-state index contributed by atoms with van der Waals surface area (Å²) < 4.78 is 13.8. The maximum absolute atomic E-state index is 13.3. The van der Waals surface area contributed by atoms with E-state index in [4.69, 9.17) is 0 Å². The summed E-state index contributed by atoms with van der Waals surface area (Å²) in [6.45, 7) is 2.16. The van der Waals surface area contributed by atoms with E-state index < -0.39 is 0 Å². The van der Waals surface area contributed by atoms with Gasteiger partial charge in [-0.15, -0.1) is 0 Å². The molecule has 2 aromatic rings. The van der Waals surface area contributed by atoms with E-state index in [1.54, 1.807) is 12.1 Å². The summed E-state index contributed by atoms with van der Waals surface area (Å²) in [5.74, 6) is 5.73. The minimum absolute atomic E-state index is 0.287. The largest absolute Gasteiger partial charge is 0.206 e.